The number of carbonyl (C=O) groups is 1. The van der Waals surface area contributed by atoms with E-state index >= 15 is 0 Å². The third-order valence-electron chi connectivity index (χ3n) is 3.49. The van der Waals surface area contributed by atoms with E-state index < -0.39 is 0 Å². The second-order valence-corrected chi connectivity index (χ2v) is 6.00. The largest absolute Gasteiger partial charge is 0.302 e. The summed E-state index contributed by atoms with van der Waals surface area (Å²) in [5, 5.41) is 3.53. The van der Waals surface area contributed by atoms with Crippen LogP contribution in [0.5, 0.6) is 0 Å². The topological polar surface area (TPSA) is 42.0 Å². The van der Waals surface area contributed by atoms with Crippen LogP contribution in [-0.4, -0.2) is 10.9 Å². The van der Waals surface area contributed by atoms with Crippen molar-refractivity contribution >= 4 is 22.4 Å². The molecule has 0 radical (unpaired) electrons. The molecule has 1 aliphatic carbocycles. The number of fused-ring (bicyclic) bond motifs is 1. The van der Waals surface area contributed by atoms with E-state index in [1.165, 1.54) is 23.1 Å². The zero-order chi connectivity index (χ0) is 13.2. The molecule has 1 N–H and O–H groups in total. The molecule has 0 saturated heterocycles. The normalized spacial score (nSPS) is 17.8. The van der Waals surface area contributed by atoms with Crippen LogP contribution in [0.15, 0.2) is 30.3 Å². The molecule has 1 aliphatic rings. The molecule has 1 heterocycles. The lowest BCUT2D eigenvalue weighted by molar-refractivity contribution is -0.114. The molecule has 0 aliphatic heterocycles. The zero-order valence-corrected chi connectivity index (χ0v) is 11.7. The Hall–Kier alpha value is -1.68. The summed E-state index contributed by atoms with van der Waals surface area (Å²) in [5.41, 5.74) is 2.57. The van der Waals surface area contributed by atoms with Gasteiger partial charge in [0.25, 0.3) is 0 Å². The fraction of sp³-hybridized carbons (Fsp3) is 0.333. The van der Waals surface area contributed by atoms with Crippen LogP contribution in [0.25, 0.3) is 0 Å². The van der Waals surface area contributed by atoms with Crippen LogP contribution in [0.4, 0.5) is 5.13 Å². The van der Waals surface area contributed by atoms with Crippen molar-refractivity contribution in [2.24, 2.45) is 0 Å². The molecule has 4 heteroatoms. The van der Waals surface area contributed by atoms with Gasteiger partial charge in [0.1, 0.15) is 0 Å². The maximum absolute atomic E-state index is 11.1. The van der Waals surface area contributed by atoms with E-state index in [0.29, 0.717) is 5.92 Å². The molecule has 1 atom stereocenters. The Morgan fingerprint density at radius 1 is 1.37 bits per heavy atom. The van der Waals surface area contributed by atoms with Crippen molar-refractivity contribution in [2.75, 3.05) is 5.32 Å². The Kier molecular flexibility index (Phi) is 3.34. The minimum Gasteiger partial charge on any atom is -0.302 e. The smallest absolute Gasteiger partial charge is 0.223 e. The molecule has 1 aromatic carbocycles. The summed E-state index contributed by atoms with van der Waals surface area (Å²) < 4.78 is 0. The number of nitrogens with one attached hydrogen (secondary N) is 1. The summed E-state index contributed by atoms with van der Waals surface area (Å²) in [7, 11) is 0. The number of benzene rings is 1. The Bertz CT molecular complexity index is 591. The van der Waals surface area contributed by atoms with Crippen LogP contribution in [0.1, 0.15) is 35.4 Å². The van der Waals surface area contributed by atoms with Crippen molar-refractivity contribution in [3.8, 4) is 0 Å². The fourth-order valence-electron chi connectivity index (χ4n) is 2.59. The monoisotopic (exact) mass is 272 g/mol. The first-order valence-electron chi connectivity index (χ1n) is 6.53. The summed E-state index contributed by atoms with van der Waals surface area (Å²) in [4.78, 5) is 16.9. The van der Waals surface area contributed by atoms with Crippen molar-refractivity contribution in [3.05, 3.63) is 46.5 Å². The van der Waals surface area contributed by atoms with Gasteiger partial charge >= 0.3 is 0 Å². The van der Waals surface area contributed by atoms with Crippen molar-refractivity contribution in [1.82, 2.24) is 4.98 Å². The van der Waals surface area contributed by atoms with Gasteiger partial charge < -0.3 is 5.32 Å². The molecule has 98 valence electrons. The quantitative estimate of drug-likeness (QED) is 0.910. The van der Waals surface area contributed by atoms with Gasteiger partial charge in [-0.2, -0.15) is 0 Å². The van der Waals surface area contributed by atoms with Crippen molar-refractivity contribution in [2.45, 2.75) is 32.1 Å². The first-order valence-corrected chi connectivity index (χ1v) is 7.35. The van der Waals surface area contributed by atoms with E-state index in [2.05, 4.69) is 40.6 Å². The molecule has 0 unspecified atom stereocenters. The molecule has 0 saturated carbocycles. The van der Waals surface area contributed by atoms with Gasteiger partial charge in [-0.1, -0.05) is 30.3 Å². The number of carbonyl (C=O) groups excluding carboxylic acids is 1. The number of aryl methyl sites for hydroxylation is 1. The molecule has 1 amide bonds. The second kappa shape index (κ2) is 5.13. The Morgan fingerprint density at radius 3 is 2.89 bits per heavy atom. The summed E-state index contributed by atoms with van der Waals surface area (Å²) in [6.07, 6.45) is 3.18. The minimum atomic E-state index is -0.0503. The number of aromatic nitrogens is 1. The number of thiazole rings is 1. The van der Waals surface area contributed by atoms with E-state index in [1.807, 2.05) is 0 Å². The molecule has 3 rings (SSSR count). The van der Waals surface area contributed by atoms with E-state index in [9.17, 15) is 4.79 Å². The molecular weight excluding hydrogens is 256 g/mol. The highest BCUT2D eigenvalue weighted by Gasteiger charge is 2.23. The third-order valence-corrected chi connectivity index (χ3v) is 4.53. The van der Waals surface area contributed by atoms with E-state index in [4.69, 9.17) is 0 Å². The zero-order valence-electron chi connectivity index (χ0n) is 10.8. The van der Waals surface area contributed by atoms with Gasteiger partial charge in [0.05, 0.1) is 5.69 Å². The lowest BCUT2D eigenvalue weighted by Gasteiger charge is -2.21. The lowest BCUT2D eigenvalue weighted by Crippen LogP contribution is -2.11. The maximum Gasteiger partial charge on any atom is 0.223 e. The number of anilines is 1. The van der Waals surface area contributed by atoms with Crippen LogP contribution in [0.2, 0.25) is 0 Å². The van der Waals surface area contributed by atoms with Crippen molar-refractivity contribution in [3.63, 3.8) is 0 Å². The van der Waals surface area contributed by atoms with Gasteiger partial charge in [-0.3, -0.25) is 4.79 Å². The number of nitrogens with zero attached hydrogens (tertiary/aromatic N) is 1. The van der Waals surface area contributed by atoms with E-state index in [0.717, 1.165) is 24.4 Å². The van der Waals surface area contributed by atoms with Crippen LogP contribution in [0, 0.1) is 0 Å². The van der Waals surface area contributed by atoms with Gasteiger partial charge in [0.15, 0.2) is 5.13 Å². The highest BCUT2D eigenvalue weighted by atomic mass is 32.1. The maximum atomic E-state index is 11.1. The standard InChI is InChI=1S/C15H16N2OS/c1-10(18)16-15-17-13-8-7-12(9-14(13)19-15)11-5-3-2-4-6-11/h2-6,12H,7-9H2,1H3,(H,16,17,18)/t12-/m1/s1. The summed E-state index contributed by atoms with van der Waals surface area (Å²) >= 11 is 1.62. The Labute approximate surface area is 116 Å². The van der Waals surface area contributed by atoms with Crippen LogP contribution >= 0.6 is 11.3 Å². The molecule has 3 nitrogen and oxygen atoms in total. The number of hydrogen-bond acceptors (Lipinski definition) is 3. The number of hydrogen-bond donors (Lipinski definition) is 1. The van der Waals surface area contributed by atoms with E-state index in [-0.39, 0.29) is 5.91 Å². The van der Waals surface area contributed by atoms with Crippen LogP contribution < -0.4 is 5.32 Å². The minimum absolute atomic E-state index is 0.0503. The van der Waals surface area contributed by atoms with E-state index in [1.54, 1.807) is 11.3 Å². The first-order chi connectivity index (χ1) is 9.22. The van der Waals surface area contributed by atoms with Crippen molar-refractivity contribution < 1.29 is 4.79 Å². The summed E-state index contributed by atoms with van der Waals surface area (Å²) in [5.74, 6) is 0.532. The Morgan fingerprint density at radius 2 is 2.16 bits per heavy atom. The number of amides is 1. The molecule has 2 aromatic rings. The average molecular weight is 272 g/mol. The fourth-order valence-corrected chi connectivity index (χ4v) is 3.72. The molecule has 19 heavy (non-hydrogen) atoms. The van der Waals surface area contributed by atoms with Gasteiger partial charge in [-0.25, -0.2) is 4.98 Å². The van der Waals surface area contributed by atoms with Gasteiger partial charge in [0.2, 0.25) is 5.91 Å². The Balaban J connectivity index is 1.80. The molecular formula is C15H16N2OS. The first kappa shape index (κ1) is 12.4. The highest BCUT2D eigenvalue weighted by molar-refractivity contribution is 7.15. The van der Waals surface area contributed by atoms with Gasteiger partial charge in [-0.15, -0.1) is 11.3 Å². The SMILES string of the molecule is CC(=O)Nc1nc2c(s1)C[C@H](c1ccccc1)CC2. The molecule has 0 bridgehead atoms. The molecule has 0 spiro atoms. The van der Waals surface area contributed by atoms with Crippen LogP contribution in [-0.2, 0) is 17.6 Å². The molecule has 0 fully saturated rings. The lowest BCUT2D eigenvalue weighted by atomic mass is 9.85. The molecule has 1 aromatic heterocycles. The van der Waals surface area contributed by atoms with Crippen molar-refractivity contribution in [1.29, 1.82) is 0 Å². The average Bonchev–Trinajstić information content (AvgIpc) is 2.79. The highest BCUT2D eigenvalue weighted by Crippen LogP contribution is 2.36. The third kappa shape index (κ3) is 2.68. The van der Waals surface area contributed by atoms with Crippen LogP contribution in [0.3, 0.4) is 0 Å². The predicted molar refractivity (Wildman–Crippen MR) is 77.6 cm³/mol. The summed E-state index contributed by atoms with van der Waals surface area (Å²) in [6.45, 7) is 1.52. The summed E-state index contributed by atoms with van der Waals surface area (Å²) in [6, 6.07) is 10.6. The number of rotatable bonds is 2. The van der Waals surface area contributed by atoms with Gasteiger partial charge in [0, 0.05) is 11.8 Å². The second-order valence-electron chi connectivity index (χ2n) is 4.92. The predicted octanol–water partition coefficient (Wildman–Crippen LogP) is 3.37. The van der Waals surface area contributed by atoms with Gasteiger partial charge in [-0.05, 0) is 30.7 Å².